The SMILES string of the molecule is COc1cc2[nH]ncc2cc1-c1cccc2nnc(C(N)=O)c(N)c12. The molecule has 0 radical (unpaired) electrons. The number of benzene rings is 2. The summed E-state index contributed by atoms with van der Waals surface area (Å²) in [7, 11) is 1.59. The molecule has 124 valence electrons. The van der Waals surface area contributed by atoms with Crippen molar-refractivity contribution in [2.24, 2.45) is 5.73 Å². The van der Waals surface area contributed by atoms with E-state index >= 15 is 0 Å². The van der Waals surface area contributed by atoms with Crippen molar-refractivity contribution < 1.29 is 9.53 Å². The van der Waals surface area contributed by atoms with Gasteiger partial charge in [0.15, 0.2) is 5.69 Å². The average molecular weight is 334 g/mol. The lowest BCUT2D eigenvalue weighted by atomic mass is 9.97. The number of nitrogen functional groups attached to an aromatic ring is 1. The van der Waals surface area contributed by atoms with E-state index in [1.54, 1.807) is 19.4 Å². The molecule has 2 aromatic heterocycles. The van der Waals surface area contributed by atoms with Crippen molar-refractivity contribution in [2.45, 2.75) is 0 Å². The van der Waals surface area contributed by atoms with Crippen molar-refractivity contribution in [3.63, 3.8) is 0 Å². The highest BCUT2D eigenvalue weighted by atomic mass is 16.5. The van der Waals surface area contributed by atoms with Crippen LogP contribution in [-0.2, 0) is 0 Å². The number of carbonyl (C=O) groups excluding carboxylic acids is 1. The van der Waals surface area contributed by atoms with Gasteiger partial charge in [-0.25, -0.2) is 0 Å². The molecule has 1 amide bonds. The van der Waals surface area contributed by atoms with Gasteiger partial charge in [-0.3, -0.25) is 9.89 Å². The summed E-state index contributed by atoms with van der Waals surface area (Å²) in [5.41, 5.74) is 14.7. The van der Waals surface area contributed by atoms with E-state index in [-0.39, 0.29) is 11.4 Å². The van der Waals surface area contributed by atoms with E-state index in [9.17, 15) is 4.79 Å². The highest BCUT2D eigenvalue weighted by Crippen LogP contribution is 2.39. The summed E-state index contributed by atoms with van der Waals surface area (Å²) in [6, 6.07) is 9.30. The Morgan fingerprint density at radius 1 is 1.20 bits per heavy atom. The van der Waals surface area contributed by atoms with E-state index in [0.717, 1.165) is 22.0 Å². The van der Waals surface area contributed by atoms with Crippen LogP contribution in [0.3, 0.4) is 0 Å². The Labute approximate surface area is 141 Å². The zero-order valence-corrected chi connectivity index (χ0v) is 13.3. The molecular formula is C17H14N6O2. The fraction of sp³-hybridized carbons (Fsp3) is 0.0588. The third-order valence-corrected chi connectivity index (χ3v) is 4.11. The van der Waals surface area contributed by atoms with Crippen LogP contribution in [-0.4, -0.2) is 33.4 Å². The second-order valence-electron chi connectivity index (χ2n) is 5.54. The summed E-state index contributed by atoms with van der Waals surface area (Å²) in [5.74, 6) is -0.0833. The summed E-state index contributed by atoms with van der Waals surface area (Å²) in [6.45, 7) is 0. The molecule has 0 atom stereocenters. The Hall–Kier alpha value is -3.68. The minimum absolute atomic E-state index is 0.0525. The molecule has 4 rings (SSSR count). The van der Waals surface area contributed by atoms with E-state index in [2.05, 4.69) is 20.4 Å². The maximum atomic E-state index is 11.6. The number of ether oxygens (including phenoxy) is 1. The molecule has 4 aromatic rings. The summed E-state index contributed by atoms with van der Waals surface area (Å²) < 4.78 is 5.53. The van der Waals surface area contributed by atoms with Gasteiger partial charge >= 0.3 is 0 Å². The predicted octanol–water partition coefficient (Wildman–Crippen LogP) is 1.86. The van der Waals surface area contributed by atoms with Gasteiger partial charge < -0.3 is 16.2 Å². The van der Waals surface area contributed by atoms with Crippen LogP contribution in [0.25, 0.3) is 32.9 Å². The summed E-state index contributed by atoms with van der Waals surface area (Å²) >= 11 is 0. The number of aromatic nitrogens is 4. The molecular weight excluding hydrogens is 320 g/mol. The number of anilines is 1. The lowest BCUT2D eigenvalue weighted by molar-refractivity contribution is 0.0996. The van der Waals surface area contributed by atoms with Gasteiger partial charge in [-0.1, -0.05) is 12.1 Å². The number of aromatic amines is 1. The van der Waals surface area contributed by atoms with Gasteiger partial charge in [0.1, 0.15) is 5.75 Å². The van der Waals surface area contributed by atoms with Gasteiger partial charge in [-0.05, 0) is 17.7 Å². The van der Waals surface area contributed by atoms with Gasteiger partial charge in [0, 0.05) is 22.4 Å². The van der Waals surface area contributed by atoms with E-state index in [1.807, 2.05) is 24.3 Å². The average Bonchev–Trinajstić information content (AvgIpc) is 3.07. The van der Waals surface area contributed by atoms with Crippen LogP contribution in [0.1, 0.15) is 10.5 Å². The van der Waals surface area contributed by atoms with E-state index < -0.39 is 5.91 Å². The maximum Gasteiger partial charge on any atom is 0.271 e. The molecule has 2 heterocycles. The second kappa shape index (κ2) is 5.45. The molecule has 8 nitrogen and oxygen atoms in total. The van der Waals surface area contributed by atoms with Crippen LogP contribution >= 0.6 is 0 Å². The lowest BCUT2D eigenvalue weighted by Gasteiger charge is -2.13. The first kappa shape index (κ1) is 14.9. The van der Waals surface area contributed by atoms with Crippen LogP contribution in [0.5, 0.6) is 5.75 Å². The molecule has 25 heavy (non-hydrogen) atoms. The van der Waals surface area contributed by atoms with Gasteiger partial charge in [0.25, 0.3) is 5.91 Å². The molecule has 0 fully saturated rings. The molecule has 8 heteroatoms. The fourth-order valence-electron chi connectivity index (χ4n) is 2.94. The predicted molar refractivity (Wildman–Crippen MR) is 94.1 cm³/mol. The zero-order chi connectivity index (χ0) is 17.6. The molecule has 0 saturated carbocycles. The van der Waals surface area contributed by atoms with Crippen LogP contribution < -0.4 is 16.2 Å². The first-order valence-corrected chi connectivity index (χ1v) is 7.46. The smallest absolute Gasteiger partial charge is 0.271 e. The number of hydrogen-bond acceptors (Lipinski definition) is 6. The third kappa shape index (κ3) is 2.23. The van der Waals surface area contributed by atoms with Crippen molar-refractivity contribution in [2.75, 3.05) is 12.8 Å². The molecule has 0 bridgehead atoms. The molecule has 2 aromatic carbocycles. The molecule has 0 aliphatic carbocycles. The van der Waals surface area contributed by atoms with Crippen molar-refractivity contribution in [3.05, 3.63) is 42.2 Å². The van der Waals surface area contributed by atoms with Crippen molar-refractivity contribution >= 4 is 33.4 Å². The largest absolute Gasteiger partial charge is 0.496 e. The molecule has 0 spiro atoms. The Morgan fingerprint density at radius 2 is 2.04 bits per heavy atom. The first-order valence-electron chi connectivity index (χ1n) is 7.46. The number of amides is 1. The van der Waals surface area contributed by atoms with Crippen LogP contribution in [0.15, 0.2) is 36.5 Å². The lowest BCUT2D eigenvalue weighted by Crippen LogP contribution is -2.16. The number of nitrogens with two attached hydrogens (primary N) is 2. The quantitative estimate of drug-likeness (QED) is 0.524. The van der Waals surface area contributed by atoms with Crippen LogP contribution in [0.2, 0.25) is 0 Å². The minimum Gasteiger partial charge on any atom is -0.496 e. The highest BCUT2D eigenvalue weighted by Gasteiger charge is 2.18. The minimum atomic E-state index is -0.723. The number of H-pyrrole nitrogens is 1. The van der Waals surface area contributed by atoms with Crippen LogP contribution in [0.4, 0.5) is 5.69 Å². The van der Waals surface area contributed by atoms with Gasteiger partial charge in [0.2, 0.25) is 0 Å². The molecule has 0 unspecified atom stereocenters. The number of nitrogens with zero attached hydrogens (tertiary/aromatic N) is 3. The summed E-state index contributed by atoms with van der Waals surface area (Å²) in [4.78, 5) is 11.6. The number of primary amides is 1. The number of hydrogen-bond donors (Lipinski definition) is 3. The molecule has 5 N–H and O–H groups in total. The third-order valence-electron chi connectivity index (χ3n) is 4.11. The van der Waals surface area contributed by atoms with Crippen molar-refractivity contribution in [1.82, 2.24) is 20.4 Å². The van der Waals surface area contributed by atoms with Crippen molar-refractivity contribution in [3.8, 4) is 16.9 Å². The second-order valence-corrected chi connectivity index (χ2v) is 5.54. The number of methoxy groups -OCH3 is 1. The van der Waals surface area contributed by atoms with Gasteiger partial charge in [-0.15, -0.1) is 10.2 Å². The van der Waals surface area contributed by atoms with Gasteiger partial charge in [0.05, 0.1) is 30.0 Å². The highest BCUT2D eigenvalue weighted by molar-refractivity contribution is 6.10. The van der Waals surface area contributed by atoms with E-state index in [0.29, 0.717) is 16.7 Å². The van der Waals surface area contributed by atoms with Gasteiger partial charge in [-0.2, -0.15) is 5.10 Å². The Kier molecular flexibility index (Phi) is 3.24. The standard InChI is InChI=1S/C17H14N6O2/c1-25-13-6-12-8(7-20-21-12)5-10(13)9-3-2-4-11-14(9)15(18)16(17(19)24)23-22-11/h2-7H,1H3,(H2,18,22)(H2,19,24)(H,20,21). The summed E-state index contributed by atoms with van der Waals surface area (Å²) in [5, 5.41) is 16.4. The van der Waals surface area contributed by atoms with E-state index in [1.165, 1.54) is 0 Å². The summed E-state index contributed by atoms with van der Waals surface area (Å²) in [6.07, 6.45) is 1.72. The van der Waals surface area contributed by atoms with Crippen LogP contribution in [0, 0.1) is 0 Å². The fourth-order valence-corrected chi connectivity index (χ4v) is 2.94. The Bertz CT molecular complexity index is 1130. The number of carbonyl (C=O) groups is 1. The molecule has 0 aliphatic rings. The zero-order valence-electron chi connectivity index (χ0n) is 13.3. The normalized spacial score (nSPS) is 11.1. The Balaban J connectivity index is 2.10. The Morgan fingerprint density at radius 3 is 2.80 bits per heavy atom. The monoisotopic (exact) mass is 334 g/mol. The topological polar surface area (TPSA) is 133 Å². The van der Waals surface area contributed by atoms with E-state index in [4.69, 9.17) is 16.2 Å². The number of nitrogens with one attached hydrogen (secondary N) is 1. The maximum absolute atomic E-state index is 11.6. The molecule has 0 saturated heterocycles. The molecule has 0 aliphatic heterocycles. The number of rotatable bonds is 3. The number of fused-ring (bicyclic) bond motifs is 2. The van der Waals surface area contributed by atoms with Crippen molar-refractivity contribution in [1.29, 1.82) is 0 Å². The first-order chi connectivity index (χ1) is 12.1.